The molecule has 0 spiro atoms. The third-order valence-corrected chi connectivity index (χ3v) is 2.72. The second-order valence-electron chi connectivity index (χ2n) is 3.94. The van der Waals surface area contributed by atoms with E-state index in [1.807, 2.05) is 24.4 Å². The van der Waals surface area contributed by atoms with Gasteiger partial charge in [0.05, 0.1) is 0 Å². The maximum absolute atomic E-state index is 5.58. The van der Waals surface area contributed by atoms with E-state index in [1.165, 1.54) is 11.3 Å². The second kappa shape index (κ2) is 5.34. The molecule has 3 heteroatoms. The lowest BCUT2D eigenvalue weighted by atomic mass is 10.2. The molecule has 2 N–H and O–H groups in total. The molecule has 0 bridgehead atoms. The average molecular weight is 227 g/mol. The summed E-state index contributed by atoms with van der Waals surface area (Å²) in [6, 6.07) is 14.2. The van der Waals surface area contributed by atoms with E-state index in [-0.39, 0.29) is 0 Å². The maximum Gasteiger partial charge on any atom is 0.123 e. The van der Waals surface area contributed by atoms with Gasteiger partial charge in [0, 0.05) is 25.0 Å². The molecule has 0 aliphatic rings. The molecule has 0 fully saturated rings. The van der Waals surface area contributed by atoms with E-state index in [0.717, 1.165) is 13.1 Å². The van der Waals surface area contributed by atoms with E-state index < -0.39 is 0 Å². The first-order chi connectivity index (χ1) is 8.29. The highest BCUT2D eigenvalue weighted by Gasteiger charge is 2.04. The molecule has 0 unspecified atom stereocenters. The Morgan fingerprint density at radius 3 is 2.47 bits per heavy atom. The predicted octanol–water partition coefficient (Wildman–Crippen LogP) is 2.69. The second-order valence-corrected chi connectivity index (χ2v) is 3.94. The van der Waals surface area contributed by atoms with Gasteiger partial charge < -0.3 is 10.6 Å². The Morgan fingerprint density at radius 1 is 1.12 bits per heavy atom. The molecule has 0 atom stereocenters. The molecule has 1 aromatic carbocycles. The van der Waals surface area contributed by atoms with Crippen molar-refractivity contribution in [3.05, 3.63) is 54.2 Å². The van der Waals surface area contributed by atoms with Crippen molar-refractivity contribution in [2.45, 2.75) is 13.5 Å². The number of anilines is 2. The Kier molecular flexibility index (Phi) is 3.60. The molecule has 0 amide bonds. The van der Waals surface area contributed by atoms with Gasteiger partial charge in [-0.2, -0.15) is 0 Å². The molecular weight excluding hydrogens is 210 g/mol. The zero-order valence-electron chi connectivity index (χ0n) is 10.0. The molecule has 2 rings (SSSR count). The number of nitrogen functional groups attached to an aromatic ring is 1. The van der Waals surface area contributed by atoms with Crippen LogP contribution in [0.3, 0.4) is 0 Å². The van der Waals surface area contributed by atoms with Gasteiger partial charge in [0.1, 0.15) is 5.82 Å². The van der Waals surface area contributed by atoms with Crippen molar-refractivity contribution in [1.82, 2.24) is 4.98 Å². The summed E-state index contributed by atoms with van der Waals surface area (Å²) in [6.45, 7) is 3.97. The molecule has 2 aromatic rings. The number of aromatic nitrogens is 1. The van der Waals surface area contributed by atoms with Crippen LogP contribution >= 0.6 is 0 Å². The molecule has 17 heavy (non-hydrogen) atoms. The lowest BCUT2D eigenvalue weighted by Crippen LogP contribution is -2.21. The first kappa shape index (κ1) is 11.5. The molecule has 0 radical (unpaired) electrons. The van der Waals surface area contributed by atoms with Crippen LogP contribution in [-0.4, -0.2) is 11.5 Å². The van der Waals surface area contributed by atoms with E-state index in [4.69, 9.17) is 5.73 Å². The first-order valence-electron chi connectivity index (χ1n) is 5.80. The van der Waals surface area contributed by atoms with E-state index in [2.05, 4.69) is 41.1 Å². The highest BCUT2D eigenvalue weighted by molar-refractivity contribution is 5.46. The number of hydrogen-bond donors (Lipinski definition) is 1. The third-order valence-electron chi connectivity index (χ3n) is 2.72. The molecule has 88 valence electrons. The van der Waals surface area contributed by atoms with Crippen LogP contribution in [0.2, 0.25) is 0 Å². The van der Waals surface area contributed by atoms with E-state index in [9.17, 15) is 0 Å². The number of nitrogens with two attached hydrogens (primary N) is 1. The van der Waals surface area contributed by atoms with Crippen molar-refractivity contribution in [3.63, 3.8) is 0 Å². The van der Waals surface area contributed by atoms with Crippen molar-refractivity contribution in [2.24, 2.45) is 0 Å². The average Bonchev–Trinajstić information content (AvgIpc) is 2.39. The van der Waals surface area contributed by atoms with E-state index in [0.29, 0.717) is 5.82 Å². The maximum atomic E-state index is 5.58. The summed E-state index contributed by atoms with van der Waals surface area (Å²) in [6.07, 6.45) is 1.83. The lowest BCUT2D eigenvalue weighted by molar-refractivity contribution is 0.828. The molecule has 1 heterocycles. The van der Waals surface area contributed by atoms with Gasteiger partial charge in [-0.1, -0.05) is 24.3 Å². The number of hydrogen-bond acceptors (Lipinski definition) is 3. The summed E-state index contributed by atoms with van der Waals surface area (Å²) < 4.78 is 0. The van der Waals surface area contributed by atoms with Gasteiger partial charge in [-0.25, -0.2) is 4.98 Å². The number of benzene rings is 1. The first-order valence-corrected chi connectivity index (χ1v) is 5.80. The van der Waals surface area contributed by atoms with Gasteiger partial charge in [0.25, 0.3) is 0 Å². The van der Waals surface area contributed by atoms with Crippen LogP contribution in [0.5, 0.6) is 0 Å². The van der Waals surface area contributed by atoms with Crippen LogP contribution in [0.4, 0.5) is 11.5 Å². The minimum Gasteiger partial charge on any atom is -0.384 e. The van der Waals surface area contributed by atoms with E-state index >= 15 is 0 Å². The van der Waals surface area contributed by atoms with Crippen molar-refractivity contribution in [3.8, 4) is 0 Å². The molecule has 0 saturated heterocycles. The van der Waals surface area contributed by atoms with Crippen LogP contribution in [0.1, 0.15) is 12.5 Å². The zero-order valence-corrected chi connectivity index (χ0v) is 10.0. The SMILES string of the molecule is CCN(Cc1ccc(N)nc1)c1ccccc1. The Balaban J connectivity index is 2.13. The summed E-state index contributed by atoms with van der Waals surface area (Å²) in [5.74, 6) is 0.566. The topological polar surface area (TPSA) is 42.1 Å². The van der Waals surface area contributed by atoms with Gasteiger partial charge in [0.2, 0.25) is 0 Å². The summed E-state index contributed by atoms with van der Waals surface area (Å²) in [5, 5.41) is 0. The Hall–Kier alpha value is -2.03. The highest BCUT2D eigenvalue weighted by atomic mass is 15.1. The van der Waals surface area contributed by atoms with Crippen LogP contribution < -0.4 is 10.6 Å². The predicted molar refractivity (Wildman–Crippen MR) is 71.8 cm³/mol. The summed E-state index contributed by atoms with van der Waals surface area (Å²) >= 11 is 0. The Morgan fingerprint density at radius 2 is 1.88 bits per heavy atom. The number of nitrogens with zero attached hydrogens (tertiary/aromatic N) is 2. The zero-order chi connectivity index (χ0) is 12.1. The molecule has 1 aromatic heterocycles. The quantitative estimate of drug-likeness (QED) is 0.873. The van der Waals surface area contributed by atoms with Crippen molar-refractivity contribution in [2.75, 3.05) is 17.2 Å². The van der Waals surface area contributed by atoms with Crippen molar-refractivity contribution in [1.29, 1.82) is 0 Å². The molecular formula is C14H17N3. The smallest absolute Gasteiger partial charge is 0.123 e. The molecule has 0 aliphatic heterocycles. The monoisotopic (exact) mass is 227 g/mol. The normalized spacial score (nSPS) is 10.2. The van der Waals surface area contributed by atoms with Crippen LogP contribution in [0.15, 0.2) is 48.7 Å². The van der Waals surface area contributed by atoms with Crippen LogP contribution in [0, 0.1) is 0 Å². The van der Waals surface area contributed by atoms with Gasteiger partial charge in [-0.05, 0) is 30.7 Å². The summed E-state index contributed by atoms with van der Waals surface area (Å²) in [7, 11) is 0. The standard InChI is InChI=1S/C14H17N3/c1-2-17(13-6-4-3-5-7-13)11-12-8-9-14(15)16-10-12/h3-10H,2,11H2,1H3,(H2,15,16). The van der Waals surface area contributed by atoms with E-state index in [1.54, 1.807) is 0 Å². The number of para-hydroxylation sites is 1. The summed E-state index contributed by atoms with van der Waals surface area (Å²) in [5.41, 5.74) is 7.98. The van der Waals surface area contributed by atoms with Gasteiger partial charge in [-0.15, -0.1) is 0 Å². The lowest BCUT2D eigenvalue weighted by Gasteiger charge is -2.23. The Bertz CT molecular complexity index is 451. The molecule has 0 saturated carbocycles. The van der Waals surface area contributed by atoms with Gasteiger partial charge in [-0.3, -0.25) is 0 Å². The van der Waals surface area contributed by atoms with Crippen molar-refractivity contribution >= 4 is 11.5 Å². The van der Waals surface area contributed by atoms with Gasteiger partial charge in [0.15, 0.2) is 0 Å². The van der Waals surface area contributed by atoms with Crippen LogP contribution in [0.25, 0.3) is 0 Å². The highest BCUT2D eigenvalue weighted by Crippen LogP contribution is 2.16. The van der Waals surface area contributed by atoms with Crippen molar-refractivity contribution < 1.29 is 0 Å². The molecule has 0 aliphatic carbocycles. The van der Waals surface area contributed by atoms with Crippen LogP contribution in [-0.2, 0) is 6.54 Å². The van der Waals surface area contributed by atoms with Gasteiger partial charge >= 0.3 is 0 Å². The fourth-order valence-electron chi connectivity index (χ4n) is 1.77. The number of pyridine rings is 1. The third kappa shape index (κ3) is 2.97. The minimum absolute atomic E-state index is 0.566. The fourth-order valence-corrected chi connectivity index (χ4v) is 1.77. The number of rotatable bonds is 4. The Labute approximate surface area is 102 Å². The summed E-state index contributed by atoms with van der Waals surface area (Å²) in [4.78, 5) is 6.41. The minimum atomic E-state index is 0.566. The fraction of sp³-hybridized carbons (Fsp3) is 0.214. The molecule has 3 nitrogen and oxygen atoms in total. The largest absolute Gasteiger partial charge is 0.384 e.